The Bertz CT molecular complexity index is 598. The molecule has 0 aromatic heterocycles. The van der Waals surface area contributed by atoms with Gasteiger partial charge in [0.2, 0.25) is 11.8 Å². The molecular weight excluding hydrogens is 321 g/mol. The van der Waals surface area contributed by atoms with Crippen molar-refractivity contribution in [3.8, 4) is 0 Å². The van der Waals surface area contributed by atoms with Gasteiger partial charge in [-0.1, -0.05) is 19.4 Å². The third kappa shape index (κ3) is 4.97. The van der Waals surface area contributed by atoms with Crippen LogP contribution in [0.5, 0.6) is 0 Å². The Labute approximate surface area is 140 Å². The lowest BCUT2D eigenvalue weighted by atomic mass is 9.90. The summed E-state index contributed by atoms with van der Waals surface area (Å²) >= 11 is 0. The number of unbranched alkanes of at least 4 members (excludes halogenated alkanes) is 1. The number of hydrogen-bond donors (Lipinski definition) is 1. The predicted molar refractivity (Wildman–Crippen MR) is 86.4 cm³/mol. The molecule has 0 heterocycles. The number of nitrogens with one attached hydrogen (secondary N) is 1. The van der Waals surface area contributed by atoms with E-state index in [1.54, 1.807) is 7.05 Å². The predicted octanol–water partition coefficient (Wildman–Crippen LogP) is 3.93. The van der Waals surface area contributed by atoms with Crippen molar-refractivity contribution in [2.45, 2.75) is 39.8 Å². The van der Waals surface area contributed by atoms with Crippen LogP contribution < -0.4 is 5.32 Å². The van der Waals surface area contributed by atoms with Crippen molar-refractivity contribution in [2.75, 3.05) is 18.9 Å². The zero-order valence-corrected chi connectivity index (χ0v) is 14.3. The number of benzene rings is 1. The molecule has 0 saturated heterocycles. The van der Waals surface area contributed by atoms with Gasteiger partial charge in [0, 0.05) is 19.3 Å². The summed E-state index contributed by atoms with van der Waals surface area (Å²) in [7, 11) is 1.61. The van der Waals surface area contributed by atoms with Gasteiger partial charge in [0.05, 0.1) is 5.56 Å². The van der Waals surface area contributed by atoms with Crippen LogP contribution in [0.15, 0.2) is 24.3 Å². The third-order valence-corrected chi connectivity index (χ3v) is 3.74. The van der Waals surface area contributed by atoms with Crippen LogP contribution in [0.3, 0.4) is 0 Å². The molecule has 2 amide bonds. The topological polar surface area (TPSA) is 49.4 Å². The molecule has 0 atom stereocenters. The summed E-state index contributed by atoms with van der Waals surface area (Å²) in [5.74, 6) is -1.02. The van der Waals surface area contributed by atoms with Crippen LogP contribution in [-0.4, -0.2) is 30.3 Å². The molecule has 1 aromatic rings. The Morgan fingerprint density at radius 1 is 1.21 bits per heavy atom. The average molecular weight is 344 g/mol. The summed E-state index contributed by atoms with van der Waals surface area (Å²) in [6.07, 6.45) is -2.77. The smallest absolute Gasteiger partial charge is 0.345 e. The molecule has 24 heavy (non-hydrogen) atoms. The Kier molecular flexibility index (Phi) is 6.40. The Morgan fingerprint density at radius 3 is 2.38 bits per heavy atom. The van der Waals surface area contributed by atoms with Crippen LogP contribution >= 0.6 is 0 Å². The first kappa shape index (κ1) is 20.0. The van der Waals surface area contributed by atoms with Crippen molar-refractivity contribution in [1.82, 2.24) is 4.90 Å². The fourth-order valence-electron chi connectivity index (χ4n) is 2.13. The molecule has 0 aliphatic rings. The van der Waals surface area contributed by atoms with Crippen LogP contribution in [0, 0.1) is 5.41 Å². The molecule has 1 aromatic carbocycles. The highest BCUT2D eigenvalue weighted by atomic mass is 19.4. The highest BCUT2D eigenvalue weighted by molar-refractivity contribution is 6.09. The van der Waals surface area contributed by atoms with Gasteiger partial charge in [-0.05, 0) is 38.5 Å². The fourth-order valence-corrected chi connectivity index (χ4v) is 2.13. The van der Waals surface area contributed by atoms with Crippen molar-refractivity contribution in [3.63, 3.8) is 0 Å². The minimum atomic E-state index is -4.49. The standard InChI is InChI=1S/C17H23F3N2O2/c1-5-6-10-22(4)15(24)16(2,3)14(23)21-13-9-7-8-12(11-13)17(18,19)20/h7-9,11H,5-6,10H2,1-4H3,(H,21,23). The van der Waals surface area contributed by atoms with E-state index in [1.165, 1.54) is 30.9 Å². The second kappa shape index (κ2) is 7.68. The van der Waals surface area contributed by atoms with E-state index in [1.807, 2.05) is 6.92 Å². The molecule has 134 valence electrons. The van der Waals surface area contributed by atoms with Crippen molar-refractivity contribution in [3.05, 3.63) is 29.8 Å². The van der Waals surface area contributed by atoms with Crippen molar-refractivity contribution in [2.24, 2.45) is 5.41 Å². The summed E-state index contributed by atoms with van der Waals surface area (Å²) in [5.41, 5.74) is -2.23. The van der Waals surface area contributed by atoms with Gasteiger partial charge in [-0.25, -0.2) is 0 Å². The molecule has 0 spiro atoms. The van der Waals surface area contributed by atoms with Gasteiger partial charge in [0.1, 0.15) is 5.41 Å². The number of anilines is 1. The van der Waals surface area contributed by atoms with E-state index in [0.29, 0.717) is 6.54 Å². The maximum atomic E-state index is 12.7. The lowest BCUT2D eigenvalue weighted by Gasteiger charge is -2.28. The molecule has 0 bridgehead atoms. The molecule has 7 heteroatoms. The van der Waals surface area contributed by atoms with Gasteiger partial charge in [0.15, 0.2) is 0 Å². The molecule has 0 saturated carbocycles. The molecule has 1 N–H and O–H groups in total. The van der Waals surface area contributed by atoms with E-state index < -0.39 is 23.1 Å². The van der Waals surface area contributed by atoms with Crippen LogP contribution in [0.2, 0.25) is 0 Å². The lowest BCUT2D eigenvalue weighted by Crippen LogP contribution is -2.46. The van der Waals surface area contributed by atoms with Crippen molar-refractivity contribution >= 4 is 17.5 Å². The van der Waals surface area contributed by atoms with Gasteiger partial charge in [0.25, 0.3) is 0 Å². The summed E-state index contributed by atoms with van der Waals surface area (Å²) in [6.45, 7) is 5.43. The van der Waals surface area contributed by atoms with Crippen LogP contribution in [0.1, 0.15) is 39.2 Å². The van der Waals surface area contributed by atoms with E-state index in [-0.39, 0.29) is 11.6 Å². The van der Waals surface area contributed by atoms with E-state index in [9.17, 15) is 22.8 Å². The second-order valence-electron chi connectivity index (χ2n) is 6.24. The van der Waals surface area contributed by atoms with Gasteiger partial charge in [-0.15, -0.1) is 0 Å². The normalized spacial score (nSPS) is 12.0. The zero-order valence-electron chi connectivity index (χ0n) is 14.3. The first-order valence-electron chi connectivity index (χ1n) is 7.74. The highest BCUT2D eigenvalue weighted by Crippen LogP contribution is 2.31. The van der Waals surface area contributed by atoms with Crippen molar-refractivity contribution in [1.29, 1.82) is 0 Å². The van der Waals surface area contributed by atoms with Crippen LogP contribution in [0.25, 0.3) is 0 Å². The van der Waals surface area contributed by atoms with Gasteiger partial charge >= 0.3 is 6.18 Å². The number of rotatable bonds is 6. The highest BCUT2D eigenvalue weighted by Gasteiger charge is 2.38. The van der Waals surface area contributed by atoms with E-state index in [4.69, 9.17) is 0 Å². The summed E-state index contributed by atoms with van der Waals surface area (Å²) in [5, 5.41) is 2.40. The maximum absolute atomic E-state index is 12.7. The molecule has 0 radical (unpaired) electrons. The first-order valence-corrected chi connectivity index (χ1v) is 7.74. The molecule has 0 aliphatic heterocycles. The van der Waals surface area contributed by atoms with E-state index in [2.05, 4.69) is 5.32 Å². The van der Waals surface area contributed by atoms with Crippen LogP contribution in [-0.2, 0) is 15.8 Å². The van der Waals surface area contributed by atoms with E-state index in [0.717, 1.165) is 25.0 Å². The number of alkyl halides is 3. The largest absolute Gasteiger partial charge is 0.416 e. The number of halogens is 3. The van der Waals surface area contributed by atoms with Crippen LogP contribution in [0.4, 0.5) is 18.9 Å². The maximum Gasteiger partial charge on any atom is 0.416 e. The second-order valence-corrected chi connectivity index (χ2v) is 6.24. The summed E-state index contributed by atoms with van der Waals surface area (Å²) in [6, 6.07) is 4.33. The third-order valence-electron chi connectivity index (χ3n) is 3.74. The SMILES string of the molecule is CCCCN(C)C(=O)C(C)(C)C(=O)Nc1cccc(C(F)(F)F)c1. The monoisotopic (exact) mass is 344 g/mol. The molecular formula is C17H23F3N2O2. The minimum Gasteiger partial charge on any atom is -0.345 e. The minimum absolute atomic E-state index is 0.00640. The Hall–Kier alpha value is -2.05. The summed E-state index contributed by atoms with van der Waals surface area (Å²) in [4.78, 5) is 26.3. The number of amides is 2. The van der Waals surface area contributed by atoms with Crippen molar-refractivity contribution < 1.29 is 22.8 Å². The number of hydrogen-bond acceptors (Lipinski definition) is 2. The Morgan fingerprint density at radius 2 is 1.83 bits per heavy atom. The van der Waals surface area contributed by atoms with Gasteiger partial charge in [-0.2, -0.15) is 13.2 Å². The van der Waals surface area contributed by atoms with Gasteiger partial charge < -0.3 is 10.2 Å². The average Bonchev–Trinajstić information content (AvgIpc) is 2.51. The summed E-state index contributed by atoms with van der Waals surface area (Å²) < 4.78 is 38.2. The number of carbonyl (C=O) groups is 2. The molecule has 1 rings (SSSR count). The lowest BCUT2D eigenvalue weighted by molar-refractivity contribution is -0.145. The molecule has 0 aliphatic carbocycles. The zero-order chi connectivity index (χ0) is 18.5. The van der Waals surface area contributed by atoms with Gasteiger partial charge in [-0.3, -0.25) is 9.59 Å². The number of carbonyl (C=O) groups excluding carboxylic acids is 2. The Balaban J connectivity index is 2.88. The molecule has 4 nitrogen and oxygen atoms in total. The number of nitrogens with zero attached hydrogens (tertiary/aromatic N) is 1. The quantitative estimate of drug-likeness (QED) is 0.795. The fraction of sp³-hybridized carbons (Fsp3) is 0.529. The first-order chi connectivity index (χ1) is 11.0. The van der Waals surface area contributed by atoms with E-state index >= 15 is 0 Å². The molecule has 0 unspecified atom stereocenters. The molecule has 0 fully saturated rings.